The Kier molecular flexibility index (Phi) is 6.02. The Bertz CT molecular complexity index is 469. The standard InChI is InChI=1S/C15H23BrN2O2/c1-10-5-6-12(13(16)7-10)11(8-17)9-18-14(19)20-15(2,3)4/h5-7,11H,8-9,17H2,1-4H3,(H,18,19). The van der Waals surface area contributed by atoms with Gasteiger partial charge in [-0.15, -0.1) is 0 Å². The molecule has 0 aliphatic heterocycles. The minimum Gasteiger partial charge on any atom is -0.444 e. The van der Waals surface area contributed by atoms with Gasteiger partial charge in [0.2, 0.25) is 0 Å². The number of benzene rings is 1. The average molecular weight is 343 g/mol. The summed E-state index contributed by atoms with van der Waals surface area (Å²) in [5.74, 6) is 0.0532. The number of hydrogen-bond donors (Lipinski definition) is 2. The number of nitrogens with two attached hydrogens (primary N) is 1. The molecule has 5 heteroatoms. The SMILES string of the molecule is Cc1ccc(C(CN)CNC(=O)OC(C)(C)C)c(Br)c1. The third-order valence-corrected chi connectivity index (χ3v) is 3.46. The van der Waals surface area contributed by atoms with Crippen LogP contribution in [0.5, 0.6) is 0 Å². The molecule has 1 aromatic rings. The van der Waals surface area contributed by atoms with Crippen molar-refractivity contribution in [3.63, 3.8) is 0 Å². The molecule has 1 unspecified atom stereocenters. The Balaban J connectivity index is 2.66. The van der Waals surface area contributed by atoms with Crippen molar-refractivity contribution in [2.24, 2.45) is 5.73 Å². The lowest BCUT2D eigenvalue weighted by molar-refractivity contribution is 0.0525. The molecule has 0 saturated heterocycles. The number of carbonyl (C=O) groups is 1. The van der Waals surface area contributed by atoms with Gasteiger partial charge in [-0.2, -0.15) is 0 Å². The van der Waals surface area contributed by atoms with Crippen molar-refractivity contribution in [3.05, 3.63) is 33.8 Å². The third-order valence-electron chi connectivity index (χ3n) is 2.77. The maximum atomic E-state index is 11.7. The fourth-order valence-corrected chi connectivity index (χ4v) is 2.62. The molecule has 1 rings (SSSR count). The Morgan fingerprint density at radius 3 is 2.60 bits per heavy atom. The van der Waals surface area contributed by atoms with Crippen molar-refractivity contribution >= 4 is 22.0 Å². The fraction of sp³-hybridized carbons (Fsp3) is 0.533. The quantitative estimate of drug-likeness (QED) is 0.881. The van der Waals surface area contributed by atoms with Crippen LogP contribution in [-0.4, -0.2) is 24.8 Å². The predicted octanol–water partition coefficient (Wildman–Crippen LogP) is 3.32. The average Bonchev–Trinajstić information content (AvgIpc) is 2.29. The minimum atomic E-state index is -0.493. The number of ether oxygens (including phenoxy) is 1. The fourth-order valence-electron chi connectivity index (χ4n) is 1.80. The zero-order chi connectivity index (χ0) is 15.3. The number of amides is 1. The molecule has 0 spiro atoms. The molecule has 1 amide bonds. The molecule has 0 heterocycles. The summed E-state index contributed by atoms with van der Waals surface area (Å²) in [6, 6.07) is 6.12. The second-order valence-electron chi connectivity index (χ2n) is 5.84. The molecule has 0 saturated carbocycles. The largest absolute Gasteiger partial charge is 0.444 e. The first-order valence-electron chi connectivity index (χ1n) is 6.66. The van der Waals surface area contributed by atoms with Gasteiger partial charge in [-0.1, -0.05) is 28.1 Å². The minimum absolute atomic E-state index is 0.0532. The van der Waals surface area contributed by atoms with E-state index >= 15 is 0 Å². The molecule has 0 aromatic heterocycles. The zero-order valence-corrected chi connectivity index (χ0v) is 14.1. The summed E-state index contributed by atoms with van der Waals surface area (Å²) >= 11 is 3.54. The number of rotatable bonds is 4. The van der Waals surface area contributed by atoms with E-state index in [2.05, 4.69) is 21.2 Å². The summed E-state index contributed by atoms with van der Waals surface area (Å²) in [6.07, 6.45) is -0.417. The van der Waals surface area contributed by atoms with Crippen molar-refractivity contribution in [3.8, 4) is 0 Å². The molecule has 0 bridgehead atoms. The number of nitrogens with one attached hydrogen (secondary N) is 1. The molecule has 4 nitrogen and oxygen atoms in total. The zero-order valence-electron chi connectivity index (χ0n) is 12.5. The van der Waals surface area contributed by atoms with Crippen molar-refractivity contribution in [1.29, 1.82) is 0 Å². The third kappa shape index (κ3) is 5.51. The van der Waals surface area contributed by atoms with Gasteiger partial charge in [0.1, 0.15) is 5.60 Å². The van der Waals surface area contributed by atoms with Crippen molar-refractivity contribution in [2.75, 3.05) is 13.1 Å². The van der Waals surface area contributed by atoms with E-state index in [1.54, 1.807) is 0 Å². The summed E-state index contributed by atoms with van der Waals surface area (Å²) < 4.78 is 6.23. The van der Waals surface area contributed by atoms with Gasteiger partial charge in [0.05, 0.1) is 0 Å². The molecule has 1 atom stereocenters. The van der Waals surface area contributed by atoms with Crippen LogP contribution in [0, 0.1) is 6.92 Å². The van der Waals surface area contributed by atoms with Crippen molar-refractivity contribution in [1.82, 2.24) is 5.32 Å². The van der Waals surface area contributed by atoms with Crippen LogP contribution in [0.1, 0.15) is 37.8 Å². The first-order chi connectivity index (χ1) is 9.23. The lowest BCUT2D eigenvalue weighted by atomic mass is 9.98. The van der Waals surface area contributed by atoms with E-state index in [0.717, 1.165) is 10.0 Å². The second kappa shape index (κ2) is 7.09. The van der Waals surface area contributed by atoms with Crippen LogP contribution in [0.2, 0.25) is 0 Å². The van der Waals surface area contributed by atoms with E-state index in [-0.39, 0.29) is 5.92 Å². The highest BCUT2D eigenvalue weighted by atomic mass is 79.9. The number of alkyl carbamates (subject to hydrolysis) is 1. The van der Waals surface area contributed by atoms with E-state index in [0.29, 0.717) is 13.1 Å². The Morgan fingerprint density at radius 1 is 1.45 bits per heavy atom. The second-order valence-corrected chi connectivity index (χ2v) is 6.69. The van der Waals surface area contributed by atoms with Crippen molar-refractivity contribution < 1.29 is 9.53 Å². The van der Waals surface area contributed by atoms with Gasteiger partial charge >= 0.3 is 6.09 Å². The number of halogens is 1. The van der Waals surface area contributed by atoms with Crippen LogP contribution in [0.15, 0.2) is 22.7 Å². The Morgan fingerprint density at radius 2 is 2.10 bits per heavy atom. The first-order valence-corrected chi connectivity index (χ1v) is 7.45. The number of hydrogen-bond acceptors (Lipinski definition) is 3. The highest BCUT2D eigenvalue weighted by Crippen LogP contribution is 2.25. The highest BCUT2D eigenvalue weighted by molar-refractivity contribution is 9.10. The highest BCUT2D eigenvalue weighted by Gasteiger charge is 2.18. The summed E-state index contributed by atoms with van der Waals surface area (Å²) in [5.41, 5.74) is 7.59. The topological polar surface area (TPSA) is 64.3 Å². The molecule has 3 N–H and O–H groups in total. The van der Waals surface area contributed by atoms with E-state index in [4.69, 9.17) is 10.5 Å². The van der Waals surface area contributed by atoms with Gasteiger partial charge in [0.15, 0.2) is 0 Å². The van der Waals surface area contributed by atoms with E-state index in [1.165, 1.54) is 5.56 Å². The smallest absolute Gasteiger partial charge is 0.407 e. The Hall–Kier alpha value is -1.07. The van der Waals surface area contributed by atoms with Gasteiger partial charge in [-0.05, 0) is 44.9 Å². The lowest BCUT2D eigenvalue weighted by Crippen LogP contribution is -2.36. The molecular formula is C15H23BrN2O2. The van der Waals surface area contributed by atoms with Crippen LogP contribution in [0.3, 0.4) is 0 Å². The Labute approximate surface area is 129 Å². The number of carbonyl (C=O) groups excluding carboxylic acids is 1. The molecule has 20 heavy (non-hydrogen) atoms. The van der Waals surface area contributed by atoms with Gasteiger partial charge in [-0.3, -0.25) is 0 Å². The van der Waals surface area contributed by atoms with Crippen LogP contribution in [0.4, 0.5) is 4.79 Å². The van der Waals surface area contributed by atoms with Gasteiger partial charge in [0, 0.05) is 23.5 Å². The molecule has 0 radical (unpaired) electrons. The van der Waals surface area contributed by atoms with Gasteiger partial charge in [0.25, 0.3) is 0 Å². The molecule has 112 valence electrons. The van der Waals surface area contributed by atoms with E-state index in [1.807, 2.05) is 45.9 Å². The molecule has 1 aromatic carbocycles. The molecular weight excluding hydrogens is 320 g/mol. The summed E-state index contributed by atoms with van der Waals surface area (Å²) in [6.45, 7) is 8.45. The van der Waals surface area contributed by atoms with Crippen LogP contribution < -0.4 is 11.1 Å². The maximum absolute atomic E-state index is 11.7. The molecule has 0 aliphatic rings. The monoisotopic (exact) mass is 342 g/mol. The van der Waals surface area contributed by atoms with Crippen LogP contribution in [0.25, 0.3) is 0 Å². The van der Waals surface area contributed by atoms with E-state index in [9.17, 15) is 4.79 Å². The summed E-state index contributed by atoms with van der Waals surface area (Å²) in [4.78, 5) is 11.7. The van der Waals surface area contributed by atoms with E-state index < -0.39 is 11.7 Å². The van der Waals surface area contributed by atoms with Crippen molar-refractivity contribution in [2.45, 2.75) is 39.2 Å². The molecule has 0 fully saturated rings. The van der Waals surface area contributed by atoms with Gasteiger partial charge in [-0.25, -0.2) is 4.79 Å². The normalized spacial score (nSPS) is 12.9. The maximum Gasteiger partial charge on any atom is 0.407 e. The van der Waals surface area contributed by atoms with Crippen LogP contribution in [-0.2, 0) is 4.74 Å². The summed E-state index contributed by atoms with van der Waals surface area (Å²) in [7, 11) is 0. The van der Waals surface area contributed by atoms with Crippen LogP contribution >= 0.6 is 15.9 Å². The molecule has 0 aliphatic carbocycles. The first kappa shape index (κ1) is 17.0. The predicted molar refractivity (Wildman–Crippen MR) is 84.9 cm³/mol. The lowest BCUT2D eigenvalue weighted by Gasteiger charge is -2.22. The van der Waals surface area contributed by atoms with Gasteiger partial charge < -0.3 is 15.8 Å². The number of aryl methyl sites for hydroxylation is 1. The summed E-state index contributed by atoms with van der Waals surface area (Å²) in [5, 5.41) is 2.77.